The zero-order valence-corrected chi connectivity index (χ0v) is 13.7. The smallest absolute Gasteiger partial charge is 0.256 e. The van der Waals surface area contributed by atoms with Crippen molar-refractivity contribution in [1.82, 2.24) is 9.47 Å². The van der Waals surface area contributed by atoms with Crippen molar-refractivity contribution in [3.63, 3.8) is 0 Å². The van der Waals surface area contributed by atoms with Crippen LogP contribution in [0.2, 0.25) is 0 Å². The lowest BCUT2D eigenvalue weighted by atomic mass is 10.1. The molecule has 0 atom stereocenters. The van der Waals surface area contributed by atoms with Crippen LogP contribution in [0.5, 0.6) is 5.75 Å². The number of carbonyl (C=O) groups excluding carboxylic acids is 2. The van der Waals surface area contributed by atoms with Crippen molar-refractivity contribution in [3.05, 3.63) is 30.0 Å². The number of fused-ring (bicyclic) bond motifs is 1. The van der Waals surface area contributed by atoms with Gasteiger partial charge in [0.15, 0.2) is 0 Å². The van der Waals surface area contributed by atoms with Crippen molar-refractivity contribution < 1.29 is 14.3 Å². The van der Waals surface area contributed by atoms with E-state index in [1.165, 1.54) is 19.8 Å². The van der Waals surface area contributed by atoms with Crippen LogP contribution >= 0.6 is 0 Å². The molecule has 23 heavy (non-hydrogen) atoms. The zero-order valence-electron chi connectivity index (χ0n) is 13.7. The normalized spacial score (nSPS) is 15.5. The number of amides is 1. The van der Waals surface area contributed by atoms with Crippen molar-refractivity contribution in [1.29, 1.82) is 0 Å². The maximum atomic E-state index is 13.0. The predicted octanol–water partition coefficient (Wildman–Crippen LogP) is 3.33. The van der Waals surface area contributed by atoms with E-state index in [1.807, 2.05) is 23.1 Å². The number of hydrogen-bond acceptors (Lipinski definition) is 3. The average molecular weight is 314 g/mol. The van der Waals surface area contributed by atoms with Crippen molar-refractivity contribution in [2.75, 3.05) is 20.2 Å². The summed E-state index contributed by atoms with van der Waals surface area (Å²) < 4.78 is 6.81. The van der Waals surface area contributed by atoms with Crippen LogP contribution in [0.1, 0.15) is 47.8 Å². The van der Waals surface area contributed by atoms with Crippen molar-refractivity contribution in [3.8, 4) is 5.75 Å². The Kier molecular flexibility index (Phi) is 4.37. The molecule has 2 aromatic rings. The minimum Gasteiger partial charge on any atom is -0.497 e. The fraction of sp³-hybridized carbons (Fsp3) is 0.444. The first kappa shape index (κ1) is 15.6. The molecule has 1 aliphatic rings. The van der Waals surface area contributed by atoms with E-state index in [1.54, 1.807) is 17.9 Å². The molecular weight excluding hydrogens is 292 g/mol. The van der Waals surface area contributed by atoms with Crippen LogP contribution in [0, 0.1) is 0 Å². The van der Waals surface area contributed by atoms with Gasteiger partial charge in [0.25, 0.3) is 5.91 Å². The molecule has 5 heteroatoms. The molecule has 0 unspecified atom stereocenters. The van der Waals surface area contributed by atoms with Crippen LogP contribution in [-0.2, 0) is 0 Å². The number of likely N-dealkylation sites (tertiary alicyclic amines) is 1. The molecule has 1 fully saturated rings. The van der Waals surface area contributed by atoms with Gasteiger partial charge in [-0.05, 0) is 31.0 Å². The summed E-state index contributed by atoms with van der Waals surface area (Å²) >= 11 is 0. The first-order chi connectivity index (χ1) is 11.1. The van der Waals surface area contributed by atoms with E-state index in [0.29, 0.717) is 11.3 Å². The third kappa shape index (κ3) is 2.96. The van der Waals surface area contributed by atoms with E-state index in [0.717, 1.165) is 36.8 Å². The van der Waals surface area contributed by atoms with E-state index in [2.05, 4.69) is 0 Å². The van der Waals surface area contributed by atoms with Gasteiger partial charge in [-0.2, -0.15) is 0 Å². The summed E-state index contributed by atoms with van der Waals surface area (Å²) in [5, 5.41) is 0.772. The lowest BCUT2D eigenvalue weighted by molar-refractivity contribution is 0.0763. The summed E-state index contributed by atoms with van der Waals surface area (Å²) in [7, 11) is 1.60. The molecule has 5 nitrogen and oxygen atoms in total. The molecule has 0 saturated carbocycles. The SMILES string of the molecule is COc1ccc2c(c1)c(C(=O)N1CCCCCC1)cn2C(C)=O. The Morgan fingerprint density at radius 2 is 1.78 bits per heavy atom. The van der Waals surface area contributed by atoms with Gasteiger partial charge in [-0.25, -0.2) is 0 Å². The Morgan fingerprint density at radius 1 is 1.09 bits per heavy atom. The summed E-state index contributed by atoms with van der Waals surface area (Å²) in [6.07, 6.45) is 6.10. The van der Waals surface area contributed by atoms with Crippen molar-refractivity contribution in [2.45, 2.75) is 32.6 Å². The highest BCUT2D eigenvalue weighted by molar-refractivity contribution is 6.09. The highest BCUT2D eigenvalue weighted by Crippen LogP contribution is 2.27. The van der Waals surface area contributed by atoms with Gasteiger partial charge in [0, 0.05) is 31.6 Å². The lowest BCUT2D eigenvalue weighted by Crippen LogP contribution is -2.31. The molecule has 1 aromatic carbocycles. The summed E-state index contributed by atoms with van der Waals surface area (Å²) in [4.78, 5) is 26.8. The molecule has 1 amide bonds. The predicted molar refractivity (Wildman–Crippen MR) is 89.2 cm³/mol. The third-order valence-corrected chi connectivity index (χ3v) is 4.47. The fourth-order valence-corrected chi connectivity index (χ4v) is 3.21. The summed E-state index contributed by atoms with van der Waals surface area (Å²) in [6.45, 7) is 3.08. The monoisotopic (exact) mass is 314 g/mol. The Balaban J connectivity index is 2.07. The van der Waals surface area contributed by atoms with Crippen LogP contribution in [0.15, 0.2) is 24.4 Å². The van der Waals surface area contributed by atoms with Gasteiger partial charge in [0.1, 0.15) is 5.75 Å². The van der Waals surface area contributed by atoms with Gasteiger partial charge in [-0.1, -0.05) is 12.8 Å². The van der Waals surface area contributed by atoms with Crippen LogP contribution in [0.4, 0.5) is 0 Å². The molecule has 1 aromatic heterocycles. The zero-order chi connectivity index (χ0) is 16.4. The Bertz CT molecular complexity index is 740. The highest BCUT2D eigenvalue weighted by atomic mass is 16.5. The number of rotatable bonds is 2. The molecule has 0 aliphatic carbocycles. The molecular formula is C18H22N2O3. The number of hydrogen-bond donors (Lipinski definition) is 0. The number of aromatic nitrogens is 1. The summed E-state index contributed by atoms with van der Waals surface area (Å²) in [6, 6.07) is 5.47. The largest absolute Gasteiger partial charge is 0.497 e. The molecule has 0 N–H and O–H groups in total. The first-order valence-corrected chi connectivity index (χ1v) is 8.11. The van der Waals surface area contributed by atoms with E-state index in [9.17, 15) is 9.59 Å². The van der Waals surface area contributed by atoms with E-state index < -0.39 is 0 Å². The second-order valence-corrected chi connectivity index (χ2v) is 6.02. The van der Waals surface area contributed by atoms with Gasteiger partial charge in [-0.15, -0.1) is 0 Å². The number of carbonyl (C=O) groups is 2. The molecule has 2 heterocycles. The van der Waals surface area contributed by atoms with Gasteiger partial charge in [0.2, 0.25) is 5.91 Å². The van der Waals surface area contributed by atoms with Crippen LogP contribution in [-0.4, -0.2) is 41.5 Å². The number of benzene rings is 1. The maximum absolute atomic E-state index is 13.0. The van der Waals surface area contributed by atoms with Gasteiger partial charge < -0.3 is 9.64 Å². The fourth-order valence-electron chi connectivity index (χ4n) is 3.21. The van der Waals surface area contributed by atoms with Gasteiger partial charge >= 0.3 is 0 Å². The number of nitrogens with zero attached hydrogens (tertiary/aromatic N) is 2. The molecule has 122 valence electrons. The Labute approximate surface area is 135 Å². The molecule has 3 rings (SSSR count). The number of methoxy groups -OCH3 is 1. The Morgan fingerprint density at radius 3 is 2.39 bits per heavy atom. The van der Waals surface area contributed by atoms with Crippen molar-refractivity contribution in [2.24, 2.45) is 0 Å². The maximum Gasteiger partial charge on any atom is 0.256 e. The highest BCUT2D eigenvalue weighted by Gasteiger charge is 2.23. The summed E-state index contributed by atoms with van der Waals surface area (Å²) in [5.41, 5.74) is 1.33. The molecule has 0 bridgehead atoms. The minimum absolute atomic E-state index is 0.00477. The molecule has 0 radical (unpaired) electrons. The standard InChI is InChI=1S/C18H22N2O3/c1-13(21)20-12-16(15-11-14(23-2)7-8-17(15)20)18(22)19-9-5-3-4-6-10-19/h7-8,11-12H,3-6,9-10H2,1-2H3. The van der Waals surface area contributed by atoms with Crippen LogP contribution in [0.25, 0.3) is 10.9 Å². The average Bonchev–Trinajstić information content (AvgIpc) is 2.73. The van der Waals surface area contributed by atoms with Gasteiger partial charge in [-0.3, -0.25) is 14.2 Å². The quantitative estimate of drug-likeness (QED) is 0.854. The van der Waals surface area contributed by atoms with Gasteiger partial charge in [0.05, 0.1) is 18.2 Å². The van der Waals surface area contributed by atoms with E-state index >= 15 is 0 Å². The van der Waals surface area contributed by atoms with Crippen LogP contribution in [0.3, 0.4) is 0 Å². The van der Waals surface area contributed by atoms with E-state index in [-0.39, 0.29) is 11.8 Å². The van der Waals surface area contributed by atoms with E-state index in [4.69, 9.17) is 4.74 Å². The lowest BCUT2D eigenvalue weighted by Gasteiger charge is -2.19. The minimum atomic E-state index is -0.102. The second-order valence-electron chi connectivity index (χ2n) is 6.02. The van der Waals surface area contributed by atoms with Crippen molar-refractivity contribution >= 4 is 22.7 Å². The number of ether oxygens (including phenoxy) is 1. The Hall–Kier alpha value is -2.30. The molecule has 1 saturated heterocycles. The van der Waals surface area contributed by atoms with Crippen LogP contribution < -0.4 is 4.74 Å². The summed E-state index contributed by atoms with van der Waals surface area (Å²) in [5.74, 6) is 0.587. The third-order valence-electron chi connectivity index (χ3n) is 4.47. The molecule has 1 aliphatic heterocycles. The first-order valence-electron chi connectivity index (χ1n) is 8.11. The second kappa shape index (κ2) is 6.44. The molecule has 0 spiro atoms. The topological polar surface area (TPSA) is 51.5 Å².